The summed E-state index contributed by atoms with van der Waals surface area (Å²) in [4.78, 5) is 23.2. The van der Waals surface area contributed by atoms with Crippen molar-refractivity contribution in [2.24, 2.45) is 0 Å². The lowest BCUT2D eigenvalue weighted by atomic mass is 9.83. The van der Waals surface area contributed by atoms with E-state index in [0.29, 0.717) is 5.57 Å². The summed E-state index contributed by atoms with van der Waals surface area (Å²) in [5.74, 6) is -1.46. The zero-order valence-electron chi connectivity index (χ0n) is 14.4. The third-order valence-electron chi connectivity index (χ3n) is 4.15. The molecule has 0 aliphatic heterocycles. The van der Waals surface area contributed by atoms with Gasteiger partial charge in [-0.2, -0.15) is 0 Å². The van der Waals surface area contributed by atoms with E-state index in [-0.39, 0.29) is 18.8 Å². The molecule has 2 aromatic carbocycles. The van der Waals surface area contributed by atoms with E-state index in [0.717, 1.165) is 16.7 Å². The van der Waals surface area contributed by atoms with E-state index < -0.39 is 11.9 Å². The standard InChI is InChI=1S/C21H22O4/c1-15(16-9-5-3-6-10-16)21(17-11-7-4-8-12-17)18(13-19(22)23)14-20(24)25-2/h3-12,15H,13-14H2,1-2H3,(H,22,23)/b21-18-. The minimum Gasteiger partial charge on any atom is -0.481 e. The van der Waals surface area contributed by atoms with Crippen molar-refractivity contribution in [3.63, 3.8) is 0 Å². The number of carboxylic acids is 1. The predicted molar refractivity (Wildman–Crippen MR) is 97.1 cm³/mol. The molecular formula is C21H22O4. The van der Waals surface area contributed by atoms with Crippen LogP contribution in [0.15, 0.2) is 66.2 Å². The van der Waals surface area contributed by atoms with Gasteiger partial charge in [0.1, 0.15) is 0 Å². The van der Waals surface area contributed by atoms with E-state index in [1.165, 1.54) is 7.11 Å². The number of methoxy groups -OCH3 is 1. The highest BCUT2D eigenvalue weighted by molar-refractivity contribution is 5.85. The second-order valence-corrected chi connectivity index (χ2v) is 5.84. The van der Waals surface area contributed by atoms with E-state index in [2.05, 4.69) is 0 Å². The number of aliphatic carboxylic acids is 1. The Hall–Kier alpha value is -2.88. The van der Waals surface area contributed by atoms with Gasteiger partial charge in [-0.3, -0.25) is 9.59 Å². The van der Waals surface area contributed by atoms with E-state index in [9.17, 15) is 14.7 Å². The van der Waals surface area contributed by atoms with Crippen LogP contribution in [0.25, 0.3) is 5.57 Å². The smallest absolute Gasteiger partial charge is 0.309 e. The number of carbonyl (C=O) groups is 2. The highest BCUT2D eigenvalue weighted by Crippen LogP contribution is 2.36. The topological polar surface area (TPSA) is 63.6 Å². The molecule has 2 rings (SSSR count). The quantitative estimate of drug-likeness (QED) is 0.765. The molecule has 0 aliphatic carbocycles. The van der Waals surface area contributed by atoms with Gasteiger partial charge in [0.25, 0.3) is 0 Å². The molecule has 4 nitrogen and oxygen atoms in total. The van der Waals surface area contributed by atoms with Crippen LogP contribution in [0.1, 0.15) is 36.8 Å². The van der Waals surface area contributed by atoms with Crippen LogP contribution < -0.4 is 0 Å². The van der Waals surface area contributed by atoms with Gasteiger partial charge < -0.3 is 9.84 Å². The number of rotatable bonds is 7. The fourth-order valence-electron chi connectivity index (χ4n) is 2.97. The molecule has 0 fully saturated rings. The van der Waals surface area contributed by atoms with Crippen LogP contribution in [0.3, 0.4) is 0 Å². The largest absolute Gasteiger partial charge is 0.481 e. The molecule has 25 heavy (non-hydrogen) atoms. The zero-order chi connectivity index (χ0) is 18.2. The van der Waals surface area contributed by atoms with E-state index >= 15 is 0 Å². The summed E-state index contributed by atoms with van der Waals surface area (Å²) < 4.78 is 4.77. The number of carbonyl (C=O) groups excluding carboxylic acids is 1. The Kier molecular flexibility index (Phi) is 6.52. The van der Waals surface area contributed by atoms with Gasteiger partial charge in [0, 0.05) is 5.92 Å². The van der Waals surface area contributed by atoms with Crippen LogP contribution in [0.2, 0.25) is 0 Å². The first kappa shape index (κ1) is 18.5. The van der Waals surface area contributed by atoms with Crippen LogP contribution in [-0.2, 0) is 14.3 Å². The molecule has 130 valence electrons. The fraction of sp³-hybridized carbons (Fsp3) is 0.238. The van der Waals surface area contributed by atoms with Crippen molar-refractivity contribution in [2.45, 2.75) is 25.7 Å². The molecule has 0 saturated carbocycles. The molecule has 4 heteroatoms. The second kappa shape index (κ2) is 8.83. The highest BCUT2D eigenvalue weighted by Gasteiger charge is 2.21. The minimum atomic E-state index is -0.965. The van der Waals surface area contributed by atoms with Gasteiger partial charge >= 0.3 is 11.9 Å². The highest BCUT2D eigenvalue weighted by atomic mass is 16.5. The molecular weight excluding hydrogens is 316 g/mol. The molecule has 0 bridgehead atoms. The lowest BCUT2D eigenvalue weighted by molar-refractivity contribution is -0.139. The van der Waals surface area contributed by atoms with Crippen molar-refractivity contribution in [2.75, 3.05) is 7.11 Å². The monoisotopic (exact) mass is 338 g/mol. The Morgan fingerprint density at radius 1 is 0.960 bits per heavy atom. The first-order valence-electron chi connectivity index (χ1n) is 8.13. The third kappa shape index (κ3) is 5.05. The average Bonchev–Trinajstić information content (AvgIpc) is 2.62. The molecule has 0 aliphatic rings. The summed E-state index contributed by atoms with van der Waals surface area (Å²) in [6, 6.07) is 19.4. The molecule has 2 aromatic rings. The summed E-state index contributed by atoms with van der Waals surface area (Å²) in [7, 11) is 1.31. The number of ether oxygens (including phenoxy) is 1. The Labute approximate surface area is 147 Å². The van der Waals surface area contributed by atoms with Crippen molar-refractivity contribution >= 4 is 17.5 Å². The fourth-order valence-corrected chi connectivity index (χ4v) is 2.97. The van der Waals surface area contributed by atoms with Crippen molar-refractivity contribution in [3.8, 4) is 0 Å². The SMILES string of the molecule is COC(=O)C/C(CC(=O)O)=C(\c1ccccc1)C(C)c1ccccc1. The van der Waals surface area contributed by atoms with Gasteiger partial charge in [0.2, 0.25) is 0 Å². The molecule has 0 heterocycles. The Balaban J connectivity index is 2.60. The van der Waals surface area contributed by atoms with Gasteiger partial charge in [-0.05, 0) is 22.3 Å². The second-order valence-electron chi connectivity index (χ2n) is 5.84. The van der Waals surface area contributed by atoms with Crippen molar-refractivity contribution < 1.29 is 19.4 Å². The summed E-state index contributed by atoms with van der Waals surface area (Å²) in [5.41, 5.74) is 3.41. The molecule has 1 N–H and O–H groups in total. The lowest BCUT2D eigenvalue weighted by Gasteiger charge is -2.21. The summed E-state index contributed by atoms with van der Waals surface area (Å²) in [5, 5.41) is 9.33. The van der Waals surface area contributed by atoms with Crippen LogP contribution in [0, 0.1) is 0 Å². The molecule has 0 aromatic heterocycles. The molecule has 0 amide bonds. The summed E-state index contributed by atoms with van der Waals surface area (Å²) >= 11 is 0. The number of hydrogen-bond donors (Lipinski definition) is 1. The Morgan fingerprint density at radius 3 is 2.04 bits per heavy atom. The maximum Gasteiger partial charge on any atom is 0.309 e. The van der Waals surface area contributed by atoms with Gasteiger partial charge in [-0.25, -0.2) is 0 Å². The maximum absolute atomic E-state index is 11.8. The van der Waals surface area contributed by atoms with E-state index in [4.69, 9.17) is 4.74 Å². The number of carboxylic acid groups (broad SMARTS) is 1. The molecule has 0 spiro atoms. The first-order chi connectivity index (χ1) is 12.0. The summed E-state index contributed by atoms with van der Waals surface area (Å²) in [6.07, 6.45) is -0.235. The molecule has 0 saturated heterocycles. The zero-order valence-corrected chi connectivity index (χ0v) is 14.4. The van der Waals surface area contributed by atoms with Gasteiger partial charge in [-0.1, -0.05) is 67.6 Å². The van der Waals surface area contributed by atoms with Crippen LogP contribution in [-0.4, -0.2) is 24.2 Å². The summed E-state index contributed by atoms with van der Waals surface area (Å²) in [6.45, 7) is 2.02. The van der Waals surface area contributed by atoms with Crippen LogP contribution in [0.4, 0.5) is 0 Å². The number of hydrogen-bond acceptors (Lipinski definition) is 3. The van der Waals surface area contributed by atoms with Crippen molar-refractivity contribution in [3.05, 3.63) is 77.4 Å². The van der Waals surface area contributed by atoms with Gasteiger partial charge in [0.05, 0.1) is 20.0 Å². The van der Waals surface area contributed by atoms with Gasteiger partial charge in [-0.15, -0.1) is 0 Å². The maximum atomic E-state index is 11.8. The number of esters is 1. The van der Waals surface area contributed by atoms with E-state index in [1.807, 2.05) is 67.6 Å². The molecule has 0 radical (unpaired) electrons. The normalized spacial score (nSPS) is 12.9. The Bertz CT molecular complexity index is 748. The van der Waals surface area contributed by atoms with Crippen molar-refractivity contribution in [1.82, 2.24) is 0 Å². The molecule has 1 atom stereocenters. The predicted octanol–water partition coefficient (Wildman–Crippen LogP) is 4.28. The lowest BCUT2D eigenvalue weighted by Crippen LogP contribution is -2.10. The number of benzene rings is 2. The first-order valence-corrected chi connectivity index (χ1v) is 8.13. The van der Waals surface area contributed by atoms with E-state index in [1.54, 1.807) is 0 Å². The Morgan fingerprint density at radius 2 is 1.52 bits per heavy atom. The molecule has 1 unspecified atom stereocenters. The number of allylic oxidation sites excluding steroid dienone is 1. The average molecular weight is 338 g/mol. The van der Waals surface area contributed by atoms with Gasteiger partial charge in [0.15, 0.2) is 0 Å². The van der Waals surface area contributed by atoms with Crippen molar-refractivity contribution in [1.29, 1.82) is 0 Å². The van der Waals surface area contributed by atoms with Crippen LogP contribution in [0.5, 0.6) is 0 Å². The third-order valence-corrected chi connectivity index (χ3v) is 4.15. The minimum absolute atomic E-state index is 0.0375. The van der Waals surface area contributed by atoms with Crippen LogP contribution >= 0.6 is 0 Å².